The predicted octanol–water partition coefficient (Wildman–Crippen LogP) is 2.99. The fourth-order valence-electron chi connectivity index (χ4n) is 1.89. The van der Waals surface area contributed by atoms with E-state index in [1.807, 2.05) is 19.9 Å². The minimum Gasteiger partial charge on any atom is -0.465 e. The highest BCUT2D eigenvalue weighted by atomic mass is 32.1. The number of esters is 1. The molecule has 0 bridgehead atoms. The first-order chi connectivity index (χ1) is 9.93. The van der Waals surface area contributed by atoms with E-state index in [9.17, 15) is 9.59 Å². The first kappa shape index (κ1) is 15.1. The summed E-state index contributed by atoms with van der Waals surface area (Å²) in [6.07, 6.45) is 0. The second-order valence-corrected chi connectivity index (χ2v) is 5.54. The minimum atomic E-state index is -0.472. The Balaban J connectivity index is 2.34. The fraction of sp³-hybridized carbons (Fsp3) is 0.200. The predicted molar refractivity (Wildman–Crippen MR) is 83.9 cm³/mol. The van der Waals surface area contributed by atoms with E-state index >= 15 is 0 Å². The highest BCUT2D eigenvalue weighted by Gasteiger charge is 2.20. The number of benzene rings is 1. The van der Waals surface area contributed by atoms with E-state index in [4.69, 9.17) is 10.5 Å². The third-order valence-electron chi connectivity index (χ3n) is 3.04. The standard InChI is InChI=1S/C15H16N2O3S/c1-8-4-5-11(16)10(6-8)14(18)17-12-9(2)7-21-13(12)15(19)20-3/h4-7H,16H2,1-3H3,(H,17,18). The molecule has 1 heterocycles. The fourth-order valence-corrected chi connectivity index (χ4v) is 2.81. The Morgan fingerprint density at radius 3 is 2.67 bits per heavy atom. The smallest absolute Gasteiger partial charge is 0.350 e. The molecule has 110 valence electrons. The van der Waals surface area contributed by atoms with Crippen LogP contribution in [0.1, 0.15) is 31.2 Å². The van der Waals surface area contributed by atoms with E-state index in [2.05, 4.69) is 5.32 Å². The summed E-state index contributed by atoms with van der Waals surface area (Å²) in [5, 5.41) is 4.54. The molecule has 0 atom stereocenters. The molecule has 2 aromatic rings. The third-order valence-corrected chi connectivity index (χ3v) is 4.12. The van der Waals surface area contributed by atoms with Crippen LogP contribution < -0.4 is 11.1 Å². The van der Waals surface area contributed by atoms with Crippen molar-refractivity contribution in [2.75, 3.05) is 18.2 Å². The van der Waals surface area contributed by atoms with Crippen LogP contribution in [-0.4, -0.2) is 19.0 Å². The van der Waals surface area contributed by atoms with Crippen LogP contribution in [0.25, 0.3) is 0 Å². The lowest BCUT2D eigenvalue weighted by Gasteiger charge is -2.10. The van der Waals surface area contributed by atoms with Crippen molar-refractivity contribution in [1.29, 1.82) is 0 Å². The molecule has 3 N–H and O–H groups in total. The van der Waals surface area contributed by atoms with Gasteiger partial charge in [0.25, 0.3) is 5.91 Å². The second-order valence-electron chi connectivity index (χ2n) is 4.66. The average molecular weight is 304 g/mol. The van der Waals surface area contributed by atoms with Gasteiger partial charge in [0, 0.05) is 5.69 Å². The number of nitrogens with one attached hydrogen (secondary N) is 1. The van der Waals surface area contributed by atoms with E-state index in [1.165, 1.54) is 18.4 Å². The first-order valence-electron chi connectivity index (χ1n) is 6.28. The molecule has 0 aliphatic heterocycles. The molecule has 0 saturated heterocycles. The van der Waals surface area contributed by atoms with Gasteiger partial charge in [0.15, 0.2) is 0 Å². The quantitative estimate of drug-likeness (QED) is 0.674. The van der Waals surface area contributed by atoms with Gasteiger partial charge in [-0.1, -0.05) is 11.6 Å². The number of methoxy groups -OCH3 is 1. The lowest BCUT2D eigenvalue weighted by molar-refractivity contribution is 0.0607. The summed E-state index contributed by atoms with van der Waals surface area (Å²) in [4.78, 5) is 24.4. The number of hydrogen-bond acceptors (Lipinski definition) is 5. The van der Waals surface area contributed by atoms with Gasteiger partial charge in [-0.2, -0.15) is 0 Å². The van der Waals surface area contributed by atoms with E-state index < -0.39 is 5.97 Å². The molecule has 1 aromatic heterocycles. The summed E-state index contributed by atoms with van der Waals surface area (Å²) in [5.74, 6) is -0.816. The van der Waals surface area contributed by atoms with Crippen LogP contribution in [0.15, 0.2) is 23.6 Å². The van der Waals surface area contributed by atoms with Crippen molar-refractivity contribution in [3.8, 4) is 0 Å². The van der Waals surface area contributed by atoms with Gasteiger partial charge in [0.05, 0.1) is 18.4 Å². The van der Waals surface area contributed by atoms with E-state index in [-0.39, 0.29) is 5.91 Å². The summed E-state index contributed by atoms with van der Waals surface area (Å²) in [5.41, 5.74) is 8.82. The van der Waals surface area contributed by atoms with Crippen LogP contribution in [0.4, 0.5) is 11.4 Å². The Kier molecular flexibility index (Phi) is 4.28. The highest BCUT2D eigenvalue weighted by molar-refractivity contribution is 7.12. The number of thiophene rings is 1. The number of anilines is 2. The van der Waals surface area contributed by atoms with Gasteiger partial charge in [0.1, 0.15) is 4.88 Å². The van der Waals surface area contributed by atoms with Crippen molar-refractivity contribution in [3.05, 3.63) is 45.1 Å². The maximum atomic E-state index is 12.4. The van der Waals surface area contributed by atoms with E-state index in [0.717, 1.165) is 11.1 Å². The van der Waals surface area contributed by atoms with Crippen LogP contribution >= 0.6 is 11.3 Å². The monoisotopic (exact) mass is 304 g/mol. The lowest BCUT2D eigenvalue weighted by Crippen LogP contribution is -2.16. The van der Waals surface area contributed by atoms with Crippen molar-refractivity contribution < 1.29 is 14.3 Å². The zero-order chi connectivity index (χ0) is 15.6. The zero-order valence-corrected chi connectivity index (χ0v) is 12.8. The van der Waals surface area contributed by atoms with Gasteiger partial charge in [-0.15, -0.1) is 11.3 Å². The van der Waals surface area contributed by atoms with Crippen LogP contribution in [0.5, 0.6) is 0 Å². The molecule has 1 amide bonds. The molecule has 0 aliphatic rings. The molecule has 5 nitrogen and oxygen atoms in total. The van der Waals surface area contributed by atoms with E-state index in [1.54, 1.807) is 17.5 Å². The topological polar surface area (TPSA) is 81.4 Å². The van der Waals surface area contributed by atoms with Crippen molar-refractivity contribution in [1.82, 2.24) is 0 Å². The van der Waals surface area contributed by atoms with Gasteiger partial charge >= 0.3 is 5.97 Å². The number of rotatable bonds is 3. The minimum absolute atomic E-state index is 0.345. The molecule has 21 heavy (non-hydrogen) atoms. The van der Waals surface area contributed by atoms with Crippen LogP contribution in [0.2, 0.25) is 0 Å². The van der Waals surface area contributed by atoms with Crippen molar-refractivity contribution in [2.24, 2.45) is 0 Å². The molecule has 0 saturated carbocycles. The molecular formula is C15H16N2O3S. The van der Waals surface area contributed by atoms with Gasteiger partial charge in [-0.25, -0.2) is 4.79 Å². The SMILES string of the molecule is COC(=O)c1scc(C)c1NC(=O)c1cc(C)ccc1N. The molecule has 0 aliphatic carbocycles. The van der Waals surface area contributed by atoms with Gasteiger partial charge in [-0.05, 0) is 36.9 Å². The van der Waals surface area contributed by atoms with Crippen molar-refractivity contribution >= 4 is 34.6 Å². The van der Waals surface area contributed by atoms with Gasteiger partial charge in [-0.3, -0.25) is 4.79 Å². The number of amides is 1. The van der Waals surface area contributed by atoms with E-state index in [0.29, 0.717) is 21.8 Å². The maximum Gasteiger partial charge on any atom is 0.350 e. The van der Waals surface area contributed by atoms with Gasteiger partial charge in [0.2, 0.25) is 0 Å². The largest absolute Gasteiger partial charge is 0.465 e. The third kappa shape index (κ3) is 3.05. The normalized spacial score (nSPS) is 10.2. The molecule has 2 rings (SSSR count). The Morgan fingerprint density at radius 2 is 2.00 bits per heavy atom. The molecular weight excluding hydrogens is 288 g/mol. The summed E-state index contributed by atoms with van der Waals surface area (Å²) in [7, 11) is 1.31. The summed E-state index contributed by atoms with van der Waals surface area (Å²) in [6.45, 7) is 3.70. The highest BCUT2D eigenvalue weighted by Crippen LogP contribution is 2.29. The number of ether oxygens (including phenoxy) is 1. The molecule has 1 aromatic carbocycles. The number of nitrogens with two attached hydrogens (primary N) is 1. The molecule has 0 spiro atoms. The summed E-state index contributed by atoms with van der Waals surface area (Å²) >= 11 is 1.23. The van der Waals surface area contributed by atoms with Crippen LogP contribution in [0.3, 0.4) is 0 Å². The number of aryl methyl sites for hydroxylation is 2. The molecule has 0 radical (unpaired) electrons. The maximum absolute atomic E-state index is 12.4. The van der Waals surface area contributed by atoms with Crippen LogP contribution in [-0.2, 0) is 4.74 Å². The Morgan fingerprint density at radius 1 is 1.29 bits per heavy atom. The molecule has 0 unspecified atom stereocenters. The zero-order valence-electron chi connectivity index (χ0n) is 12.0. The van der Waals surface area contributed by atoms with Crippen LogP contribution in [0, 0.1) is 13.8 Å². The second kappa shape index (κ2) is 5.97. The number of hydrogen-bond donors (Lipinski definition) is 2. The molecule has 0 fully saturated rings. The average Bonchev–Trinajstić information content (AvgIpc) is 2.82. The van der Waals surface area contributed by atoms with Crippen molar-refractivity contribution in [3.63, 3.8) is 0 Å². The Hall–Kier alpha value is -2.34. The Labute approximate surface area is 126 Å². The van der Waals surface area contributed by atoms with Gasteiger partial charge < -0.3 is 15.8 Å². The summed E-state index contributed by atoms with van der Waals surface area (Å²) in [6, 6.07) is 5.23. The Bertz CT molecular complexity index is 707. The number of carbonyl (C=O) groups is 2. The lowest BCUT2D eigenvalue weighted by atomic mass is 10.1. The summed E-state index contributed by atoms with van der Waals surface area (Å²) < 4.78 is 4.72. The first-order valence-corrected chi connectivity index (χ1v) is 7.16. The number of carbonyl (C=O) groups excluding carboxylic acids is 2. The number of nitrogen functional groups attached to an aromatic ring is 1. The molecule has 6 heteroatoms. The van der Waals surface area contributed by atoms with Crippen molar-refractivity contribution in [2.45, 2.75) is 13.8 Å².